The average molecular weight is 443 g/mol. The number of benzene rings is 2. The molecular weight excluding hydrogens is 412 g/mol. The van der Waals surface area contributed by atoms with Gasteiger partial charge in [0.1, 0.15) is 0 Å². The summed E-state index contributed by atoms with van der Waals surface area (Å²) in [5, 5.41) is 7.87. The van der Waals surface area contributed by atoms with Gasteiger partial charge >= 0.3 is 0 Å². The van der Waals surface area contributed by atoms with E-state index in [0.717, 1.165) is 23.5 Å². The topological polar surface area (TPSA) is 67.2 Å². The maximum atomic E-state index is 12.8. The molecule has 33 heavy (non-hydrogen) atoms. The molecule has 2 heterocycles. The van der Waals surface area contributed by atoms with Crippen molar-refractivity contribution in [3.05, 3.63) is 83.7 Å². The Morgan fingerprint density at radius 3 is 2.27 bits per heavy atom. The van der Waals surface area contributed by atoms with Gasteiger partial charge in [-0.25, -0.2) is 4.68 Å². The molecule has 1 aliphatic carbocycles. The molecule has 1 N–H and O–H groups in total. The number of carbonyl (C=O) groups is 2. The molecule has 2 fully saturated rings. The molecule has 1 unspecified atom stereocenters. The van der Waals surface area contributed by atoms with E-state index in [2.05, 4.69) is 25.2 Å². The molecule has 3 atom stereocenters. The van der Waals surface area contributed by atoms with E-state index in [1.807, 2.05) is 70.2 Å². The second-order valence-corrected chi connectivity index (χ2v) is 9.62. The van der Waals surface area contributed by atoms with Gasteiger partial charge in [-0.05, 0) is 54.5 Å². The number of piperidine rings is 1. The Labute approximate surface area is 194 Å². The Morgan fingerprint density at radius 1 is 1.00 bits per heavy atom. The smallest absolute Gasteiger partial charge is 0.253 e. The lowest BCUT2D eigenvalue weighted by molar-refractivity contribution is -0.123. The Morgan fingerprint density at radius 2 is 1.64 bits per heavy atom. The first kappa shape index (κ1) is 21.4. The lowest BCUT2D eigenvalue weighted by atomic mass is 10.1. The highest BCUT2D eigenvalue weighted by atomic mass is 16.2. The summed E-state index contributed by atoms with van der Waals surface area (Å²) >= 11 is 0. The van der Waals surface area contributed by atoms with Gasteiger partial charge in [0.15, 0.2) is 0 Å². The van der Waals surface area contributed by atoms with Crippen molar-refractivity contribution >= 4 is 11.8 Å². The maximum Gasteiger partial charge on any atom is 0.253 e. The molecule has 1 saturated heterocycles. The lowest BCUT2D eigenvalue weighted by Gasteiger charge is -2.19. The second kappa shape index (κ2) is 8.85. The summed E-state index contributed by atoms with van der Waals surface area (Å²) in [5.74, 6) is 1.21. The number of amides is 2. The third kappa shape index (κ3) is 4.42. The minimum absolute atomic E-state index is 0.0103. The number of para-hydroxylation sites is 1. The molecule has 1 aromatic heterocycles. The van der Waals surface area contributed by atoms with E-state index >= 15 is 0 Å². The van der Waals surface area contributed by atoms with Crippen LogP contribution in [0.25, 0.3) is 5.69 Å². The normalized spacial score (nSPS) is 21.2. The summed E-state index contributed by atoms with van der Waals surface area (Å²) in [7, 11) is 0. The monoisotopic (exact) mass is 442 g/mol. The zero-order valence-corrected chi connectivity index (χ0v) is 19.1. The van der Waals surface area contributed by atoms with Gasteiger partial charge in [0.05, 0.1) is 17.9 Å². The fourth-order valence-electron chi connectivity index (χ4n) is 5.06. The number of aromatic nitrogens is 2. The van der Waals surface area contributed by atoms with Gasteiger partial charge in [-0.2, -0.15) is 5.10 Å². The van der Waals surface area contributed by atoms with Crippen LogP contribution in [0.1, 0.15) is 35.6 Å². The molecule has 0 radical (unpaired) electrons. The van der Waals surface area contributed by atoms with Gasteiger partial charge in [-0.1, -0.05) is 50.2 Å². The minimum atomic E-state index is 0.0103. The van der Waals surface area contributed by atoms with Crippen molar-refractivity contribution in [1.82, 2.24) is 20.0 Å². The van der Waals surface area contributed by atoms with Crippen LogP contribution in [0.5, 0.6) is 0 Å². The number of hydrogen-bond acceptors (Lipinski definition) is 3. The van der Waals surface area contributed by atoms with Gasteiger partial charge in [-0.15, -0.1) is 0 Å². The molecule has 5 rings (SSSR count). The molecule has 2 aromatic carbocycles. The lowest BCUT2D eigenvalue weighted by Crippen LogP contribution is -2.35. The van der Waals surface area contributed by atoms with E-state index in [4.69, 9.17) is 5.10 Å². The van der Waals surface area contributed by atoms with Crippen LogP contribution in [0, 0.1) is 23.7 Å². The number of rotatable bonds is 7. The fraction of sp³-hybridized carbons (Fsp3) is 0.370. The Hall–Kier alpha value is -3.41. The van der Waals surface area contributed by atoms with E-state index in [1.54, 1.807) is 0 Å². The van der Waals surface area contributed by atoms with Crippen molar-refractivity contribution in [3.8, 4) is 5.69 Å². The molecule has 0 spiro atoms. The predicted octanol–water partition coefficient (Wildman–Crippen LogP) is 3.71. The van der Waals surface area contributed by atoms with Gasteiger partial charge in [0, 0.05) is 30.3 Å². The van der Waals surface area contributed by atoms with Crippen LogP contribution in [-0.2, 0) is 17.8 Å². The summed E-state index contributed by atoms with van der Waals surface area (Å²) in [6, 6.07) is 21.6. The largest absolute Gasteiger partial charge is 0.350 e. The summed E-state index contributed by atoms with van der Waals surface area (Å²) in [6.07, 6.45) is 0.924. The standard InChI is InChI=1S/C27H30N4O2/c1-18(2)13-22-14-20(29-31(22)21-11-7-4-8-12-21)15-28-26(32)25-23-16-30(17-24(23)25)27(33)19-9-5-3-6-10-19/h3-12,14,18,23-25H,13,15-17H2,1-2H3,(H,28,32)/t23-,24+,25?. The van der Waals surface area contributed by atoms with E-state index in [9.17, 15) is 9.59 Å². The molecular formula is C27H30N4O2. The summed E-state index contributed by atoms with van der Waals surface area (Å²) in [6.45, 7) is 6.14. The van der Waals surface area contributed by atoms with E-state index in [1.165, 1.54) is 0 Å². The first-order chi connectivity index (χ1) is 16.0. The molecule has 2 amide bonds. The highest BCUT2D eigenvalue weighted by Crippen LogP contribution is 2.52. The van der Waals surface area contributed by atoms with Crippen molar-refractivity contribution in [2.75, 3.05) is 13.1 Å². The average Bonchev–Trinajstić information content (AvgIpc) is 3.14. The summed E-state index contributed by atoms with van der Waals surface area (Å²) in [5.41, 5.74) is 3.77. The third-order valence-electron chi connectivity index (χ3n) is 6.70. The summed E-state index contributed by atoms with van der Waals surface area (Å²) < 4.78 is 1.99. The molecule has 0 bridgehead atoms. The van der Waals surface area contributed by atoms with Crippen LogP contribution in [0.3, 0.4) is 0 Å². The molecule has 170 valence electrons. The van der Waals surface area contributed by atoms with Crippen LogP contribution >= 0.6 is 0 Å². The third-order valence-corrected chi connectivity index (χ3v) is 6.70. The minimum Gasteiger partial charge on any atom is -0.350 e. The number of carbonyl (C=O) groups excluding carboxylic acids is 2. The Kier molecular flexibility index (Phi) is 5.75. The molecule has 1 saturated carbocycles. The molecule has 3 aromatic rings. The van der Waals surface area contributed by atoms with Crippen molar-refractivity contribution in [1.29, 1.82) is 0 Å². The zero-order valence-electron chi connectivity index (χ0n) is 19.1. The van der Waals surface area contributed by atoms with Gasteiger partial charge in [0.2, 0.25) is 5.91 Å². The van der Waals surface area contributed by atoms with Gasteiger partial charge in [-0.3, -0.25) is 9.59 Å². The zero-order chi connectivity index (χ0) is 22.9. The second-order valence-electron chi connectivity index (χ2n) is 9.62. The molecule has 2 aliphatic rings. The quantitative estimate of drug-likeness (QED) is 0.607. The highest BCUT2D eigenvalue weighted by molar-refractivity contribution is 5.95. The van der Waals surface area contributed by atoms with Crippen LogP contribution in [0.4, 0.5) is 0 Å². The number of nitrogens with zero attached hydrogens (tertiary/aromatic N) is 3. The molecule has 6 heteroatoms. The van der Waals surface area contributed by atoms with Crippen LogP contribution < -0.4 is 5.32 Å². The van der Waals surface area contributed by atoms with Gasteiger partial charge in [0.25, 0.3) is 5.91 Å². The fourth-order valence-corrected chi connectivity index (χ4v) is 5.06. The van der Waals surface area contributed by atoms with Crippen molar-refractivity contribution < 1.29 is 9.59 Å². The van der Waals surface area contributed by atoms with Crippen LogP contribution in [0.15, 0.2) is 66.7 Å². The predicted molar refractivity (Wildman–Crippen MR) is 127 cm³/mol. The van der Waals surface area contributed by atoms with E-state index in [-0.39, 0.29) is 29.6 Å². The number of hydrogen-bond donors (Lipinski definition) is 1. The van der Waals surface area contributed by atoms with Crippen LogP contribution in [0.2, 0.25) is 0 Å². The summed E-state index contributed by atoms with van der Waals surface area (Å²) in [4.78, 5) is 27.4. The van der Waals surface area contributed by atoms with Crippen molar-refractivity contribution in [2.24, 2.45) is 23.7 Å². The van der Waals surface area contributed by atoms with Crippen molar-refractivity contribution in [3.63, 3.8) is 0 Å². The number of nitrogens with one attached hydrogen (secondary N) is 1. The van der Waals surface area contributed by atoms with Crippen molar-refractivity contribution in [2.45, 2.75) is 26.8 Å². The SMILES string of the molecule is CC(C)Cc1cc(CNC(=O)C2[C@H]3CN(C(=O)c4ccccc4)C[C@@H]23)nn1-c1ccccc1. The first-order valence-electron chi connectivity index (χ1n) is 11.8. The first-order valence-corrected chi connectivity index (χ1v) is 11.8. The maximum absolute atomic E-state index is 12.8. The van der Waals surface area contributed by atoms with Gasteiger partial charge < -0.3 is 10.2 Å². The molecule has 1 aliphatic heterocycles. The van der Waals surface area contributed by atoms with Crippen LogP contribution in [-0.4, -0.2) is 39.6 Å². The number of fused-ring (bicyclic) bond motifs is 1. The Bertz CT molecular complexity index is 1130. The Balaban J connectivity index is 1.18. The highest BCUT2D eigenvalue weighted by Gasteiger charge is 2.60. The van der Waals surface area contributed by atoms with E-state index < -0.39 is 0 Å². The molecule has 6 nitrogen and oxygen atoms in total. The number of likely N-dealkylation sites (tertiary alicyclic amines) is 1. The van der Waals surface area contributed by atoms with E-state index in [0.29, 0.717) is 31.1 Å².